The summed E-state index contributed by atoms with van der Waals surface area (Å²) < 4.78 is 23.6. The Morgan fingerprint density at radius 3 is 1.54 bits per heavy atom. The molecule has 5 heteroatoms. The summed E-state index contributed by atoms with van der Waals surface area (Å²) in [5, 5.41) is 0. The van der Waals surface area contributed by atoms with Gasteiger partial charge in [-0.3, -0.25) is 9.36 Å². The number of hydrogen-bond donors (Lipinski definition) is 0. The quantitative estimate of drug-likeness (QED) is 0.241. The molecule has 0 heterocycles. The van der Waals surface area contributed by atoms with Crippen molar-refractivity contribution in [3.8, 4) is 0 Å². The minimum Gasteiger partial charge on any atom is -0.308 e. The minimum atomic E-state index is -3.26. The summed E-state index contributed by atoms with van der Waals surface area (Å²) >= 11 is 0. The van der Waals surface area contributed by atoms with Gasteiger partial charge in [-0.05, 0) is 31.6 Å². The van der Waals surface area contributed by atoms with Crippen LogP contribution < -0.4 is 0 Å². The Balaban J connectivity index is 3.99. The van der Waals surface area contributed by atoms with Crippen molar-refractivity contribution in [2.24, 2.45) is 11.8 Å². The molecule has 24 heavy (non-hydrogen) atoms. The molecule has 0 aromatic rings. The third-order valence-corrected chi connectivity index (χ3v) is 5.83. The van der Waals surface area contributed by atoms with Gasteiger partial charge in [-0.1, -0.05) is 66.2 Å². The van der Waals surface area contributed by atoms with Crippen LogP contribution in [0.15, 0.2) is 0 Å². The highest BCUT2D eigenvalue weighted by molar-refractivity contribution is 7.54. The number of carbonyl (C=O) groups is 1. The van der Waals surface area contributed by atoms with Crippen molar-refractivity contribution < 1.29 is 18.4 Å². The molecule has 0 N–H and O–H groups in total. The van der Waals surface area contributed by atoms with E-state index >= 15 is 0 Å². The first-order valence-corrected chi connectivity index (χ1v) is 11.4. The molecule has 0 aliphatic carbocycles. The summed E-state index contributed by atoms with van der Waals surface area (Å²) in [5.41, 5.74) is 0. The van der Waals surface area contributed by atoms with Crippen LogP contribution in [-0.4, -0.2) is 25.2 Å². The number of ketones is 1. The molecule has 0 saturated heterocycles. The lowest BCUT2D eigenvalue weighted by atomic mass is 10.1. The highest BCUT2D eigenvalue weighted by Gasteiger charge is 2.26. The Morgan fingerprint density at radius 2 is 1.21 bits per heavy atom. The van der Waals surface area contributed by atoms with Gasteiger partial charge in [0.05, 0.1) is 13.2 Å². The lowest BCUT2D eigenvalue weighted by molar-refractivity contribution is -0.114. The van der Waals surface area contributed by atoms with Gasteiger partial charge in [0.15, 0.2) is 0 Å². The zero-order valence-electron chi connectivity index (χ0n) is 16.5. The Labute approximate surface area is 149 Å². The molecule has 0 rings (SSSR count). The van der Waals surface area contributed by atoms with E-state index in [0.29, 0.717) is 25.0 Å². The van der Waals surface area contributed by atoms with Gasteiger partial charge in [-0.25, -0.2) is 0 Å². The summed E-state index contributed by atoms with van der Waals surface area (Å²) in [6, 6.07) is 0. The number of hydrogen-bond acceptors (Lipinski definition) is 4. The molecule has 0 radical (unpaired) electrons. The largest absolute Gasteiger partial charge is 0.338 e. The molecule has 0 aliphatic heterocycles. The lowest BCUT2D eigenvalue weighted by Crippen LogP contribution is -2.08. The van der Waals surface area contributed by atoms with Crippen molar-refractivity contribution in [1.29, 1.82) is 0 Å². The van der Waals surface area contributed by atoms with Gasteiger partial charge in [-0.15, -0.1) is 0 Å². The molecule has 0 amide bonds. The van der Waals surface area contributed by atoms with E-state index < -0.39 is 7.60 Å². The topological polar surface area (TPSA) is 52.6 Å². The molecule has 0 fully saturated rings. The van der Waals surface area contributed by atoms with Crippen molar-refractivity contribution in [2.45, 2.75) is 86.0 Å². The van der Waals surface area contributed by atoms with E-state index in [0.717, 1.165) is 38.5 Å². The lowest BCUT2D eigenvalue weighted by Gasteiger charge is -2.17. The van der Waals surface area contributed by atoms with Crippen LogP contribution in [0.4, 0.5) is 0 Å². The van der Waals surface area contributed by atoms with E-state index in [2.05, 4.69) is 27.7 Å². The van der Waals surface area contributed by atoms with Crippen LogP contribution >= 0.6 is 7.60 Å². The second kappa shape index (κ2) is 14.0. The zero-order valence-corrected chi connectivity index (χ0v) is 17.4. The molecule has 0 spiro atoms. The summed E-state index contributed by atoms with van der Waals surface area (Å²) in [7, 11) is -3.26. The number of Topliss-reactive ketones (excluding diaryl/α,β-unsaturated/α-hetero) is 1. The summed E-state index contributed by atoms with van der Waals surface area (Å²) in [4.78, 5) is 11.3. The third kappa shape index (κ3) is 15.4. The maximum absolute atomic E-state index is 12.6. The van der Waals surface area contributed by atoms with E-state index in [-0.39, 0.29) is 11.9 Å². The molecule has 0 aromatic carbocycles. The third-order valence-electron chi connectivity index (χ3n) is 3.84. The van der Waals surface area contributed by atoms with Crippen LogP contribution in [-0.2, 0) is 18.4 Å². The first kappa shape index (κ1) is 23.8. The van der Waals surface area contributed by atoms with E-state index in [4.69, 9.17) is 9.05 Å². The van der Waals surface area contributed by atoms with Gasteiger partial charge >= 0.3 is 7.60 Å². The van der Waals surface area contributed by atoms with Gasteiger partial charge in [0.25, 0.3) is 0 Å². The Morgan fingerprint density at radius 1 is 0.792 bits per heavy atom. The number of carbonyl (C=O) groups excluding carboxylic acids is 1. The maximum Gasteiger partial charge on any atom is 0.338 e. The minimum absolute atomic E-state index is 0.106. The van der Waals surface area contributed by atoms with E-state index in [9.17, 15) is 9.36 Å². The average Bonchev–Trinajstić information content (AvgIpc) is 2.45. The van der Waals surface area contributed by atoms with E-state index in [1.54, 1.807) is 0 Å². The molecule has 0 atom stereocenters. The van der Waals surface area contributed by atoms with Gasteiger partial charge in [0.1, 0.15) is 11.9 Å². The van der Waals surface area contributed by atoms with Crippen LogP contribution in [0, 0.1) is 11.8 Å². The van der Waals surface area contributed by atoms with Gasteiger partial charge in [0.2, 0.25) is 0 Å². The maximum atomic E-state index is 12.6. The second-order valence-electron chi connectivity index (χ2n) is 7.62. The second-order valence-corrected chi connectivity index (χ2v) is 9.68. The highest BCUT2D eigenvalue weighted by Crippen LogP contribution is 2.48. The summed E-state index contributed by atoms with van der Waals surface area (Å²) in [6.07, 6.45) is 8.49. The fourth-order valence-electron chi connectivity index (χ4n) is 2.47. The van der Waals surface area contributed by atoms with Crippen LogP contribution in [0.2, 0.25) is 0 Å². The van der Waals surface area contributed by atoms with Crippen molar-refractivity contribution in [3.05, 3.63) is 0 Å². The van der Waals surface area contributed by atoms with Crippen molar-refractivity contribution in [1.82, 2.24) is 0 Å². The van der Waals surface area contributed by atoms with Crippen molar-refractivity contribution >= 4 is 13.4 Å². The van der Waals surface area contributed by atoms with Gasteiger partial charge in [0, 0.05) is 0 Å². The molecule has 0 saturated carbocycles. The van der Waals surface area contributed by atoms with Crippen LogP contribution in [0.5, 0.6) is 0 Å². The molecule has 0 aromatic heterocycles. The predicted molar refractivity (Wildman–Crippen MR) is 102 cm³/mol. The molecule has 144 valence electrons. The Kier molecular flexibility index (Phi) is 13.9. The number of rotatable bonds is 16. The van der Waals surface area contributed by atoms with Crippen LogP contribution in [0.25, 0.3) is 0 Å². The zero-order chi connectivity index (χ0) is 18.4. The van der Waals surface area contributed by atoms with Crippen molar-refractivity contribution in [3.63, 3.8) is 0 Å². The van der Waals surface area contributed by atoms with E-state index in [1.165, 1.54) is 19.8 Å². The fourth-order valence-corrected chi connectivity index (χ4v) is 4.09. The summed E-state index contributed by atoms with van der Waals surface area (Å²) in [6.45, 7) is 11.1. The van der Waals surface area contributed by atoms with E-state index in [1.807, 2.05) is 0 Å². The van der Waals surface area contributed by atoms with Crippen LogP contribution in [0.1, 0.15) is 86.0 Å². The SMILES string of the molecule is CC(=O)CP(=O)(OCCCCCC(C)C)OCCCCCC(C)C. The van der Waals surface area contributed by atoms with Gasteiger partial charge in [-0.2, -0.15) is 0 Å². The molecule has 4 nitrogen and oxygen atoms in total. The Bertz CT molecular complexity index is 342. The van der Waals surface area contributed by atoms with Gasteiger partial charge < -0.3 is 9.05 Å². The molecular weight excluding hydrogens is 323 g/mol. The Hall–Kier alpha value is -0.180. The molecule has 0 bridgehead atoms. The van der Waals surface area contributed by atoms with Crippen LogP contribution in [0.3, 0.4) is 0 Å². The smallest absolute Gasteiger partial charge is 0.308 e. The first-order valence-electron chi connectivity index (χ1n) is 9.62. The number of unbranched alkanes of at least 4 members (excludes halogenated alkanes) is 4. The predicted octanol–water partition coefficient (Wildman–Crippen LogP) is 6.23. The average molecular weight is 362 g/mol. The standard InChI is InChI=1S/C19H39O4P/c1-17(2)12-8-6-10-14-22-24(21,16-19(5)20)23-15-11-7-9-13-18(3)4/h17-18H,6-16H2,1-5H3. The molecule has 0 unspecified atom stereocenters. The highest BCUT2D eigenvalue weighted by atomic mass is 31.2. The van der Waals surface area contributed by atoms with Crippen molar-refractivity contribution in [2.75, 3.05) is 19.4 Å². The first-order chi connectivity index (χ1) is 11.2. The fraction of sp³-hybridized carbons (Fsp3) is 0.947. The summed E-state index contributed by atoms with van der Waals surface area (Å²) in [5.74, 6) is 1.29. The molecular formula is C19H39O4P. The monoisotopic (exact) mass is 362 g/mol. The molecule has 0 aliphatic rings. The normalized spacial score (nSPS) is 12.3.